The normalized spacial score (nSPS) is 17.5. The number of carbonyl (C=O) groups excluding carboxylic acids is 1. The van der Waals surface area contributed by atoms with Crippen LogP contribution in [0, 0.1) is 17.8 Å². The zero-order valence-corrected chi connectivity index (χ0v) is 12.5. The lowest BCUT2D eigenvalue weighted by molar-refractivity contribution is -0.149. The predicted molar refractivity (Wildman–Crippen MR) is 80.2 cm³/mol. The fourth-order valence-electron chi connectivity index (χ4n) is 2.31. The predicted octanol–water partition coefficient (Wildman–Crippen LogP) is 3.00. The molecule has 1 aromatic carbocycles. The van der Waals surface area contributed by atoms with E-state index in [1.807, 2.05) is 37.3 Å². The first kappa shape index (κ1) is 15.0. The van der Waals surface area contributed by atoms with E-state index in [0.29, 0.717) is 13.2 Å². The largest absolute Gasteiger partial charge is 0.461 e. The summed E-state index contributed by atoms with van der Waals surface area (Å²) < 4.78 is 5.33. The van der Waals surface area contributed by atoms with Gasteiger partial charge in [0.1, 0.15) is 6.61 Å². The van der Waals surface area contributed by atoms with Gasteiger partial charge in [0.25, 0.3) is 0 Å². The molecule has 0 spiro atoms. The Balaban J connectivity index is 1.61. The van der Waals surface area contributed by atoms with Gasteiger partial charge in [-0.25, -0.2) is 0 Å². The summed E-state index contributed by atoms with van der Waals surface area (Å²) in [6.45, 7) is 6.26. The van der Waals surface area contributed by atoms with E-state index in [1.165, 1.54) is 12.8 Å². The summed E-state index contributed by atoms with van der Waals surface area (Å²) in [5, 5.41) is 3.38. The summed E-state index contributed by atoms with van der Waals surface area (Å²) in [4.78, 5) is 11.9. The van der Waals surface area contributed by atoms with E-state index in [1.54, 1.807) is 0 Å². The standard InChI is InChI=1S/C17H25NO2/c1-13(16-8-9-16)10-18-11-14(2)17(19)20-12-15-6-4-3-5-7-15/h3-7,13-14,16,18H,8-12H2,1-2H3. The summed E-state index contributed by atoms with van der Waals surface area (Å²) in [5.74, 6) is 1.41. The van der Waals surface area contributed by atoms with E-state index in [0.717, 1.165) is 23.9 Å². The van der Waals surface area contributed by atoms with Crippen LogP contribution >= 0.6 is 0 Å². The van der Waals surface area contributed by atoms with E-state index in [4.69, 9.17) is 4.74 Å². The van der Waals surface area contributed by atoms with Crippen molar-refractivity contribution >= 4 is 5.97 Å². The van der Waals surface area contributed by atoms with Gasteiger partial charge in [-0.3, -0.25) is 4.79 Å². The Morgan fingerprint density at radius 1 is 1.25 bits per heavy atom. The van der Waals surface area contributed by atoms with Crippen LogP contribution in [0.1, 0.15) is 32.3 Å². The van der Waals surface area contributed by atoms with Gasteiger partial charge in [0.15, 0.2) is 0 Å². The fraction of sp³-hybridized carbons (Fsp3) is 0.588. The average Bonchev–Trinajstić information content (AvgIpc) is 3.30. The van der Waals surface area contributed by atoms with E-state index in [2.05, 4.69) is 12.2 Å². The number of hydrogen-bond donors (Lipinski definition) is 1. The highest BCUT2D eigenvalue weighted by molar-refractivity contribution is 5.72. The molecule has 1 N–H and O–H groups in total. The Kier molecular flexibility index (Phi) is 5.60. The minimum Gasteiger partial charge on any atom is -0.461 e. The monoisotopic (exact) mass is 275 g/mol. The number of esters is 1. The summed E-state index contributed by atoms with van der Waals surface area (Å²) in [7, 11) is 0. The minimum absolute atomic E-state index is 0.0925. The Hall–Kier alpha value is -1.35. The molecule has 1 aliphatic rings. The molecule has 0 aromatic heterocycles. The smallest absolute Gasteiger partial charge is 0.310 e. The van der Waals surface area contributed by atoms with E-state index < -0.39 is 0 Å². The molecule has 2 rings (SSSR count). The molecule has 0 aliphatic heterocycles. The summed E-state index contributed by atoms with van der Waals surface area (Å²) in [6, 6.07) is 9.79. The lowest BCUT2D eigenvalue weighted by Crippen LogP contribution is -2.31. The van der Waals surface area contributed by atoms with E-state index >= 15 is 0 Å². The molecule has 3 heteroatoms. The number of benzene rings is 1. The van der Waals surface area contributed by atoms with Crippen molar-refractivity contribution in [2.45, 2.75) is 33.3 Å². The highest BCUT2D eigenvalue weighted by atomic mass is 16.5. The van der Waals surface area contributed by atoms with Crippen molar-refractivity contribution < 1.29 is 9.53 Å². The van der Waals surface area contributed by atoms with Gasteiger partial charge in [-0.05, 0) is 36.8 Å². The number of hydrogen-bond acceptors (Lipinski definition) is 3. The van der Waals surface area contributed by atoms with Crippen LogP contribution in [0.5, 0.6) is 0 Å². The number of nitrogens with one attached hydrogen (secondary N) is 1. The van der Waals surface area contributed by atoms with Crippen LogP contribution < -0.4 is 5.32 Å². The third kappa shape index (κ3) is 4.97. The molecule has 3 nitrogen and oxygen atoms in total. The fourth-order valence-corrected chi connectivity index (χ4v) is 2.31. The molecule has 20 heavy (non-hydrogen) atoms. The van der Waals surface area contributed by atoms with Crippen molar-refractivity contribution in [3.05, 3.63) is 35.9 Å². The van der Waals surface area contributed by atoms with Gasteiger partial charge >= 0.3 is 5.97 Å². The maximum absolute atomic E-state index is 11.9. The molecule has 0 saturated heterocycles. The first-order valence-electron chi connectivity index (χ1n) is 7.58. The van der Waals surface area contributed by atoms with Crippen LogP contribution in [-0.2, 0) is 16.1 Å². The summed E-state index contributed by atoms with van der Waals surface area (Å²) >= 11 is 0. The van der Waals surface area contributed by atoms with Gasteiger partial charge in [-0.2, -0.15) is 0 Å². The first-order valence-corrected chi connectivity index (χ1v) is 7.58. The molecule has 1 aliphatic carbocycles. The summed E-state index contributed by atoms with van der Waals surface area (Å²) in [6.07, 6.45) is 2.75. The molecule has 110 valence electrons. The van der Waals surface area contributed by atoms with Gasteiger partial charge in [0.05, 0.1) is 5.92 Å². The molecule has 0 radical (unpaired) electrons. The second-order valence-electron chi connectivity index (χ2n) is 5.97. The molecular formula is C17H25NO2. The van der Waals surface area contributed by atoms with Crippen molar-refractivity contribution in [3.8, 4) is 0 Å². The van der Waals surface area contributed by atoms with Gasteiger partial charge in [0, 0.05) is 6.54 Å². The maximum Gasteiger partial charge on any atom is 0.310 e. The second-order valence-corrected chi connectivity index (χ2v) is 5.97. The van der Waals surface area contributed by atoms with Gasteiger partial charge in [0.2, 0.25) is 0 Å². The Morgan fingerprint density at radius 2 is 1.95 bits per heavy atom. The van der Waals surface area contributed by atoms with Crippen molar-refractivity contribution in [2.24, 2.45) is 17.8 Å². The topological polar surface area (TPSA) is 38.3 Å². The molecule has 0 bridgehead atoms. The second kappa shape index (κ2) is 7.44. The lowest BCUT2D eigenvalue weighted by Gasteiger charge is -2.15. The zero-order chi connectivity index (χ0) is 14.4. The van der Waals surface area contributed by atoms with Crippen LogP contribution in [0.2, 0.25) is 0 Å². The van der Waals surface area contributed by atoms with Crippen LogP contribution in [0.3, 0.4) is 0 Å². The van der Waals surface area contributed by atoms with Crippen molar-refractivity contribution in [2.75, 3.05) is 13.1 Å². The quantitative estimate of drug-likeness (QED) is 0.741. The average molecular weight is 275 g/mol. The Morgan fingerprint density at radius 3 is 2.60 bits per heavy atom. The van der Waals surface area contributed by atoms with Crippen LogP contribution in [0.4, 0.5) is 0 Å². The third-order valence-electron chi connectivity index (χ3n) is 3.97. The summed E-state index contributed by atoms with van der Waals surface area (Å²) in [5.41, 5.74) is 1.03. The van der Waals surface area contributed by atoms with Crippen LogP contribution in [0.25, 0.3) is 0 Å². The molecule has 0 amide bonds. The number of carbonyl (C=O) groups is 1. The van der Waals surface area contributed by atoms with Gasteiger partial charge in [-0.15, -0.1) is 0 Å². The van der Waals surface area contributed by atoms with Crippen LogP contribution in [-0.4, -0.2) is 19.1 Å². The molecule has 1 saturated carbocycles. The third-order valence-corrected chi connectivity index (χ3v) is 3.97. The number of ether oxygens (including phenoxy) is 1. The van der Waals surface area contributed by atoms with Gasteiger partial charge in [-0.1, -0.05) is 44.2 Å². The maximum atomic E-state index is 11.9. The van der Waals surface area contributed by atoms with Crippen molar-refractivity contribution in [1.82, 2.24) is 5.32 Å². The lowest BCUT2D eigenvalue weighted by atomic mass is 10.1. The molecule has 0 heterocycles. The van der Waals surface area contributed by atoms with Crippen molar-refractivity contribution in [3.63, 3.8) is 0 Å². The molecule has 2 atom stereocenters. The highest BCUT2D eigenvalue weighted by Gasteiger charge is 2.27. The molecule has 2 unspecified atom stereocenters. The molecule has 1 fully saturated rings. The Labute approximate surface area is 121 Å². The van der Waals surface area contributed by atoms with Crippen molar-refractivity contribution in [1.29, 1.82) is 0 Å². The molecule has 1 aromatic rings. The SMILES string of the molecule is CC(CNCC(C)C1CC1)C(=O)OCc1ccccc1. The minimum atomic E-state index is -0.125. The number of rotatable bonds is 8. The van der Waals surface area contributed by atoms with E-state index in [9.17, 15) is 4.79 Å². The van der Waals surface area contributed by atoms with E-state index in [-0.39, 0.29) is 11.9 Å². The van der Waals surface area contributed by atoms with Crippen LogP contribution in [0.15, 0.2) is 30.3 Å². The zero-order valence-electron chi connectivity index (χ0n) is 12.5. The first-order chi connectivity index (χ1) is 9.66. The molecular weight excluding hydrogens is 250 g/mol. The Bertz CT molecular complexity index is 414. The highest BCUT2D eigenvalue weighted by Crippen LogP contribution is 2.36. The van der Waals surface area contributed by atoms with Gasteiger partial charge < -0.3 is 10.1 Å².